The van der Waals surface area contributed by atoms with Gasteiger partial charge in [-0.25, -0.2) is 0 Å². The average molecular weight is 231 g/mol. The Bertz CT molecular complexity index is 206. The van der Waals surface area contributed by atoms with Crippen molar-refractivity contribution in [2.24, 2.45) is 5.92 Å². The van der Waals surface area contributed by atoms with Gasteiger partial charge in [-0.1, -0.05) is 20.8 Å². The summed E-state index contributed by atoms with van der Waals surface area (Å²) in [5, 5.41) is 12.2. The fourth-order valence-electron chi connectivity index (χ4n) is 1.27. The zero-order valence-corrected chi connectivity index (χ0v) is 10.9. The molecular formula is C12H25NO3. The first-order valence-corrected chi connectivity index (χ1v) is 5.98. The molecule has 0 aromatic rings. The molecule has 0 aliphatic carbocycles. The van der Waals surface area contributed by atoms with Gasteiger partial charge in [0.1, 0.15) is 5.54 Å². The molecule has 0 radical (unpaired) electrons. The molecule has 0 aromatic heterocycles. The van der Waals surface area contributed by atoms with Crippen LogP contribution in [-0.4, -0.2) is 36.4 Å². The normalized spacial score (nSPS) is 15.1. The van der Waals surface area contributed by atoms with Crippen LogP contribution in [0.1, 0.15) is 40.5 Å². The lowest BCUT2D eigenvalue weighted by molar-refractivity contribution is -0.145. The van der Waals surface area contributed by atoms with Crippen LogP contribution in [0.15, 0.2) is 0 Å². The highest BCUT2D eigenvalue weighted by Crippen LogP contribution is 2.10. The van der Waals surface area contributed by atoms with Gasteiger partial charge in [0.25, 0.3) is 0 Å². The molecule has 0 amide bonds. The molecule has 0 aliphatic heterocycles. The van der Waals surface area contributed by atoms with Crippen LogP contribution in [0.3, 0.4) is 0 Å². The number of carboxylic acid groups (broad SMARTS) is 1. The molecule has 2 N–H and O–H groups in total. The molecule has 16 heavy (non-hydrogen) atoms. The van der Waals surface area contributed by atoms with Gasteiger partial charge in [-0.05, 0) is 32.2 Å². The first-order chi connectivity index (χ1) is 7.42. The van der Waals surface area contributed by atoms with E-state index < -0.39 is 11.5 Å². The predicted molar refractivity (Wildman–Crippen MR) is 64.6 cm³/mol. The summed E-state index contributed by atoms with van der Waals surface area (Å²) in [6.45, 7) is 9.76. The van der Waals surface area contributed by atoms with Gasteiger partial charge in [0.05, 0.1) is 0 Å². The maximum absolute atomic E-state index is 11.1. The van der Waals surface area contributed by atoms with Crippen molar-refractivity contribution >= 4 is 5.97 Å². The quantitative estimate of drug-likeness (QED) is 0.595. The van der Waals surface area contributed by atoms with E-state index in [-0.39, 0.29) is 0 Å². The number of rotatable bonds is 9. The van der Waals surface area contributed by atoms with E-state index in [1.807, 2.05) is 6.92 Å². The highest BCUT2D eigenvalue weighted by atomic mass is 16.5. The summed E-state index contributed by atoms with van der Waals surface area (Å²) in [7, 11) is 0. The number of hydrogen-bond acceptors (Lipinski definition) is 3. The van der Waals surface area contributed by atoms with Crippen molar-refractivity contribution in [2.45, 2.75) is 46.1 Å². The smallest absolute Gasteiger partial charge is 0.323 e. The minimum Gasteiger partial charge on any atom is -0.480 e. The van der Waals surface area contributed by atoms with Crippen LogP contribution in [0.5, 0.6) is 0 Å². The molecule has 0 fully saturated rings. The van der Waals surface area contributed by atoms with Crippen molar-refractivity contribution in [2.75, 3.05) is 19.8 Å². The minimum atomic E-state index is -0.868. The summed E-state index contributed by atoms with van der Waals surface area (Å²) in [4.78, 5) is 11.1. The summed E-state index contributed by atoms with van der Waals surface area (Å²) < 4.78 is 5.42. The highest BCUT2D eigenvalue weighted by Gasteiger charge is 2.31. The lowest BCUT2D eigenvalue weighted by Crippen LogP contribution is -2.50. The van der Waals surface area contributed by atoms with Crippen molar-refractivity contribution in [1.29, 1.82) is 0 Å². The minimum absolute atomic E-state index is 0.484. The van der Waals surface area contributed by atoms with Crippen LogP contribution < -0.4 is 5.32 Å². The predicted octanol–water partition coefficient (Wildman–Crippen LogP) is 1.89. The monoisotopic (exact) mass is 231 g/mol. The number of carboxylic acids is 1. The maximum atomic E-state index is 11.1. The fourth-order valence-corrected chi connectivity index (χ4v) is 1.27. The van der Waals surface area contributed by atoms with Crippen molar-refractivity contribution in [1.82, 2.24) is 5.32 Å². The molecule has 0 saturated carbocycles. The molecule has 0 saturated heterocycles. The third kappa shape index (κ3) is 6.08. The molecule has 0 aliphatic rings. The summed E-state index contributed by atoms with van der Waals surface area (Å²) in [6.07, 6.45) is 1.42. The number of ether oxygens (including phenoxy) is 1. The Labute approximate surface area is 98.4 Å². The van der Waals surface area contributed by atoms with E-state index in [0.717, 1.165) is 6.42 Å². The van der Waals surface area contributed by atoms with E-state index >= 15 is 0 Å². The SMILES string of the molecule is CCCNC(C)(CCOCC(C)C)C(=O)O. The molecule has 0 heterocycles. The molecule has 0 spiro atoms. The van der Waals surface area contributed by atoms with E-state index in [2.05, 4.69) is 19.2 Å². The van der Waals surface area contributed by atoms with Crippen LogP contribution in [-0.2, 0) is 9.53 Å². The van der Waals surface area contributed by atoms with E-state index in [4.69, 9.17) is 9.84 Å². The zero-order chi connectivity index (χ0) is 12.6. The first kappa shape index (κ1) is 15.4. The molecule has 4 nitrogen and oxygen atoms in total. The first-order valence-electron chi connectivity index (χ1n) is 5.98. The Balaban J connectivity index is 3.98. The summed E-state index contributed by atoms with van der Waals surface area (Å²) in [5.74, 6) is -0.325. The number of hydrogen-bond donors (Lipinski definition) is 2. The van der Waals surface area contributed by atoms with E-state index in [1.54, 1.807) is 6.92 Å². The van der Waals surface area contributed by atoms with Gasteiger partial charge in [0, 0.05) is 13.2 Å². The Morgan fingerprint density at radius 3 is 2.56 bits per heavy atom. The van der Waals surface area contributed by atoms with Crippen molar-refractivity contribution in [3.8, 4) is 0 Å². The Hall–Kier alpha value is -0.610. The van der Waals surface area contributed by atoms with Gasteiger partial charge in [0.2, 0.25) is 0 Å². The Morgan fingerprint density at radius 2 is 2.12 bits per heavy atom. The van der Waals surface area contributed by atoms with Crippen molar-refractivity contribution < 1.29 is 14.6 Å². The second kappa shape index (κ2) is 7.63. The van der Waals surface area contributed by atoms with Gasteiger partial charge in [0.15, 0.2) is 0 Å². The van der Waals surface area contributed by atoms with Crippen LogP contribution in [0.2, 0.25) is 0 Å². The van der Waals surface area contributed by atoms with Crippen LogP contribution in [0.4, 0.5) is 0 Å². The topological polar surface area (TPSA) is 58.6 Å². The highest BCUT2D eigenvalue weighted by molar-refractivity contribution is 5.78. The second-order valence-corrected chi connectivity index (χ2v) is 4.78. The van der Waals surface area contributed by atoms with Gasteiger partial charge < -0.3 is 15.2 Å². The molecule has 96 valence electrons. The molecule has 0 rings (SSSR count). The molecule has 4 heteroatoms. The largest absolute Gasteiger partial charge is 0.480 e. The van der Waals surface area contributed by atoms with Crippen LogP contribution >= 0.6 is 0 Å². The van der Waals surface area contributed by atoms with Crippen LogP contribution in [0.25, 0.3) is 0 Å². The standard InChI is InChI=1S/C12H25NO3/c1-5-7-13-12(4,11(14)15)6-8-16-9-10(2)3/h10,13H,5-9H2,1-4H3,(H,14,15). The molecule has 1 unspecified atom stereocenters. The van der Waals surface area contributed by atoms with Gasteiger partial charge in [-0.2, -0.15) is 0 Å². The molecule has 0 bridgehead atoms. The second-order valence-electron chi connectivity index (χ2n) is 4.78. The van der Waals surface area contributed by atoms with Crippen molar-refractivity contribution in [3.63, 3.8) is 0 Å². The molecule has 0 aromatic carbocycles. The van der Waals surface area contributed by atoms with E-state index in [1.165, 1.54) is 0 Å². The molecule has 1 atom stereocenters. The zero-order valence-electron chi connectivity index (χ0n) is 10.9. The molecular weight excluding hydrogens is 206 g/mol. The maximum Gasteiger partial charge on any atom is 0.323 e. The summed E-state index contributed by atoms with van der Waals surface area (Å²) in [6, 6.07) is 0. The third-order valence-electron chi connectivity index (χ3n) is 2.43. The van der Waals surface area contributed by atoms with Crippen LogP contribution in [0, 0.1) is 5.92 Å². The number of carbonyl (C=O) groups is 1. The lowest BCUT2D eigenvalue weighted by atomic mass is 9.98. The van der Waals surface area contributed by atoms with Crippen molar-refractivity contribution in [3.05, 3.63) is 0 Å². The van der Waals surface area contributed by atoms with Gasteiger partial charge >= 0.3 is 5.97 Å². The fraction of sp³-hybridized carbons (Fsp3) is 0.917. The van der Waals surface area contributed by atoms with E-state index in [9.17, 15) is 4.79 Å². The van der Waals surface area contributed by atoms with Gasteiger partial charge in [-0.3, -0.25) is 4.79 Å². The third-order valence-corrected chi connectivity index (χ3v) is 2.43. The number of nitrogens with one attached hydrogen (secondary N) is 1. The van der Waals surface area contributed by atoms with Gasteiger partial charge in [-0.15, -0.1) is 0 Å². The summed E-state index contributed by atoms with van der Waals surface area (Å²) in [5.41, 5.74) is -0.868. The lowest BCUT2D eigenvalue weighted by Gasteiger charge is -2.26. The number of aliphatic carboxylic acids is 1. The van der Waals surface area contributed by atoms with E-state index in [0.29, 0.717) is 32.1 Å². The average Bonchev–Trinajstić information content (AvgIpc) is 2.21. The Morgan fingerprint density at radius 1 is 1.50 bits per heavy atom. The summed E-state index contributed by atoms with van der Waals surface area (Å²) >= 11 is 0. The Kier molecular flexibility index (Phi) is 7.34.